The number of ether oxygens (including phenoxy) is 1. The van der Waals surface area contributed by atoms with E-state index < -0.39 is 0 Å². The second kappa shape index (κ2) is 9.93. The van der Waals surface area contributed by atoms with Gasteiger partial charge < -0.3 is 15.0 Å². The quantitative estimate of drug-likeness (QED) is 0.627. The van der Waals surface area contributed by atoms with Gasteiger partial charge in [0.05, 0.1) is 6.61 Å². The van der Waals surface area contributed by atoms with Gasteiger partial charge in [-0.15, -0.1) is 0 Å². The smallest absolute Gasteiger partial charge is 0.193 e. The molecule has 2 atom stereocenters. The van der Waals surface area contributed by atoms with E-state index in [1.807, 2.05) is 7.05 Å². The first-order chi connectivity index (χ1) is 12.8. The van der Waals surface area contributed by atoms with Crippen LogP contribution in [-0.4, -0.2) is 68.7 Å². The van der Waals surface area contributed by atoms with Crippen LogP contribution in [0.5, 0.6) is 0 Å². The average Bonchev–Trinajstić information content (AvgIpc) is 3.17. The van der Waals surface area contributed by atoms with Crippen molar-refractivity contribution in [3.8, 4) is 0 Å². The third-order valence-corrected chi connectivity index (χ3v) is 5.60. The van der Waals surface area contributed by atoms with Crippen LogP contribution < -0.4 is 5.32 Å². The first-order valence-corrected chi connectivity index (χ1v) is 10.0. The van der Waals surface area contributed by atoms with Crippen molar-refractivity contribution in [2.45, 2.75) is 38.3 Å². The molecule has 1 N–H and O–H groups in total. The van der Waals surface area contributed by atoms with Crippen molar-refractivity contribution in [1.82, 2.24) is 15.1 Å². The molecule has 2 fully saturated rings. The molecule has 1 aromatic rings. The maximum absolute atomic E-state index is 5.50. The van der Waals surface area contributed by atoms with E-state index in [1.54, 1.807) is 0 Å². The molecule has 0 bridgehead atoms. The zero-order valence-electron chi connectivity index (χ0n) is 16.4. The van der Waals surface area contributed by atoms with Crippen molar-refractivity contribution in [3.05, 3.63) is 35.9 Å². The summed E-state index contributed by atoms with van der Waals surface area (Å²) in [7, 11) is 4.02. The van der Waals surface area contributed by atoms with E-state index >= 15 is 0 Å². The third kappa shape index (κ3) is 5.45. The van der Waals surface area contributed by atoms with Crippen LogP contribution in [0.2, 0.25) is 0 Å². The van der Waals surface area contributed by atoms with Crippen LogP contribution in [0.3, 0.4) is 0 Å². The number of guanidine groups is 1. The summed E-state index contributed by atoms with van der Waals surface area (Å²) in [6.07, 6.45) is 5.05. The normalized spacial score (nSPS) is 24.6. The molecular formula is C21H34N4O. The van der Waals surface area contributed by atoms with E-state index in [9.17, 15) is 0 Å². The molecule has 3 rings (SSSR count). The van der Waals surface area contributed by atoms with Gasteiger partial charge in [-0.25, -0.2) is 0 Å². The molecule has 0 amide bonds. The fourth-order valence-electron chi connectivity index (χ4n) is 4.11. The van der Waals surface area contributed by atoms with Crippen molar-refractivity contribution in [2.75, 3.05) is 46.9 Å². The fraction of sp³-hybridized carbons (Fsp3) is 0.667. The minimum Gasteiger partial charge on any atom is -0.381 e. The van der Waals surface area contributed by atoms with Gasteiger partial charge in [0.2, 0.25) is 0 Å². The molecule has 2 unspecified atom stereocenters. The maximum Gasteiger partial charge on any atom is 0.193 e. The summed E-state index contributed by atoms with van der Waals surface area (Å²) in [5, 5.41) is 3.62. The lowest BCUT2D eigenvalue weighted by Crippen LogP contribution is -2.49. The Hall–Kier alpha value is -1.59. The average molecular weight is 359 g/mol. The van der Waals surface area contributed by atoms with Crippen LogP contribution in [0.15, 0.2) is 35.3 Å². The van der Waals surface area contributed by atoms with Crippen molar-refractivity contribution in [1.29, 1.82) is 0 Å². The van der Waals surface area contributed by atoms with Gasteiger partial charge in [0.15, 0.2) is 5.96 Å². The van der Waals surface area contributed by atoms with E-state index in [0.29, 0.717) is 12.0 Å². The highest BCUT2D eigenvalue weighted by Gasteiger charge is 2.24. The molecule has 0 radical (unpaired) electrons. The number of aliphatic imine (C=N–C) groups is 1. The highest BCUT2D eigenvalue weighted by Crippen LogP contribution is 2.19. The minimum atomic E-state index is 0.573. The zero-order chi connectivity index (χ0) is 18.2. The van der Waals surface area contributed by atoms with Crippen molar-refractivity contribution in [3.63, 3.8) is 0 Å². The van der Waals surface area contributed by atoms with Crippen LogP contribution >= 0.6 is 0 Å². The molecule has 2 aliphatic rings. The Morgan fingerprint density at radius 2 is 2.12 bits per heavy atom. The fourth-order valence-corrected chi connectivity index (χ4v) is 4.11. The van der Waals surface area contributed by atoms with Gasteiger partial charge in [0.25, 0.3) is 0 Å². The zero-order valence-corrected chi connectivity index (χ0v) is 16.4. The van der Waals surface area contributed by atoms with E-state index in [0.717, 1.165) is 45.2 Å². The summed E-state index contributed by atoms with van der Waals surface area (Å²) >= 11 is 0. The summed E-state index contributed by atoms with van der Waals surface area (Å²) < 4.78 is 5.50. The predicted octanol–water partition coefficient (Wildman–Crippen LogP) is 2.58. The lowest BCUT2D eigenvalue weighted by Gasteiger charge is -2.36. The summed E-state index contributed by atoms with van der Waals surface area (Å²) in [6, 6.07) is 11.4. The molecule has 1 aromatic carbocycles. The highest BCUT2D eigenvalue weighted by atomic mass is 16.5. The number of nitrogens with zero attached hydrogens (tertiary/aromatic N) is 3. The van der Waals surface area contributed by atoms with Gasteiger partial charge in [-0.1, -0.05) is 36.8 Å². The van der Waals surface area contributed by atoms with Gasteiger partial charge in [0.1, 0.15) is 0 Å². The predicted molar refractivity (Wildman–Crippen MR) is 107 cm³/mol. The summed E-state index contributed by atoms with van der Waals surface area (Å²) in [5.41, 5.74) is 1.40. The lowest BCUT2D eigenvalue weighted by molar-refractivity contribution is 0.140. The number of hydrogen-bond donors (Lipinski definition) is 1. The highest BCUT2D eigenvalue weighted by molar-refractivity contribution is 5.79. The molecule has 0 aromatic heterocycles. The molecule has 0 spiro atoms. The maximum atomic E-state index is 5.50. The van der Waals surface area contributed by atoms with Crippen LogP contribution in [0, 0.1) is 5.92 Å². The Bertz CT molecular complexity index is 556. The number of piperidine rings is 1. The molecule has 26 heavy (non-hydrogen) atoms. The van der Waals surface area contributed by atoms with Crippen LogP contribution in [0.4, 0.5) is 0 Å². The Kier molecular flexibility index (Phi) is 7.32. The monoisotopic (exact) mass is 358 g/mol. The molecule has 5 heteroatoms. The lowest BCUT2D eigenvalue weighted by atomic mass is 10.0. The van der Waals surface area contributed by atoms with E-state index in [2.05, 4.69) is 57.5 Å². The number of nitrogens with one attached hydrogen (secondary N) is 1. The summed E-state index contributed by atoms with van der Waals surface area (Å²) in [5.74, 6) is 1.63. The molecule has 0 aliphatic carbocycles. The molecule has 2 heterocycles. The van der Waals surface area contributed by atoms with Crippen molar-refractivity contribution >= 4 is 5.96 Å². The third-order valence-electron chi connectivity index (χ3n) is 5.60. The van der Waals surface area contributed by atoms with Crippen LogP contribution in [0.25, 0.3) is 0 Å². The van der Waals surface area contributed by atoms with Gasteiger partial charge >= 0.3 is 0 Å². The standard InChI is InChI=1S/C21H34N4O/c1-22-21(24(2)15-19-11-13-26-17-19)23-14-20-10-6-7-12-25(20)16-18-8-4-3-5-9-18/h3-5,8-9,19-20H,6-7,10-17H2,1-2H3,(H,22,23). The largest absolute Gasteiger partial charge is 0.381 e. The number of benzene rings is 1. The van der Waals surface area contributed by atoms with E-state index in [1.165, 1.54) is 31.4 Å². The molecule has 144 valence electrons. The first-order valence-electron chi connectivity index (χ1n) is 10.0. The Morgan fingerprint density at radius 1 is 1.27 bits per heavy atom. The number of hydrogen-bond acceptors (Lipinski definition) is 3. The summed E-state index contributed by atoms with van der Waals surface area (Å²) in [6.45, 7) is 6.00. The van der Waals surface area contributed by atoms with E-state index in [4.69, 9.17) is 4.74 Å². The Labute approximate surface area is 158 Å². The van der Waals surface area contributed by atoms with Gasteiger partial charge in [0, 0.05) is 52.3 Å². The van der Waals surface area contributed by atoms with Crippen LogP contribution in [-0.2, 0) is 11.3 Å². The van der Waals surface area contributed by atoms with Gasteiger partial charge in [-0.2, -0.15) is 0 Å². The molecular weight excluding hydrogens is 324 g/mol. The van der Waals surface area contributed by atoms with Crippen molar-refractivity contribution in [2.24, 2.45) is 10.9 Å². The minimum absolute atomic E-state index is 0.573. The van der Waals surface area contributed by atoms with Crippen molar-refractivity contribution < 1.29 is 4.74 Å². The first kappa shape index (κ1) is 19.2. The number of rotatable bonds is 6. The Balaban J connectivity index is 1.51. The number of likely N-dealkylation sites (tertiary alicyclic amines) is 1. The molecule has 5 nitrogen and oxygen atoms in total. The second-order valence-electron chi connectivity index (χ2n) is 7.64. The molecule has 2 aliphatic heterocycles. The van der Waals surface area contributed by atoms with Gasteiger partial charge in [-0.3, -0.25) is 9.89 Å². The molecule has 2 saturated heterocycles. The van der Waals surface area contributed by atoms with E-state index in [-0.39, 0.29) is 0 Å². The Morgan fingerprint density at radius 3 is 2.85 bits per heavy atom. The SMILES string of the molecule is CN=C(NCC1CCCCN1Cc1ccccc1)N(C)CC1CCOC1. The topological polar surface area (TPSA) is 40.1 Å². The molecule has 0 saturated carbocycles. The second-order valence-corrected chi connectivity index (χ2v) is 7.64. The summed E-state index contributed by atoms with van der Waals surface area (Å²) in [4.78, 5) is 9.38. The van der Waals surface area contributed by atoms with Gasteiger partial charge in [-0.05, 0) is 31.4 Å². The van der Waals surface area contributed by atoms with Crippen LogP contribution in [0.1, 0.15) is 31.2 Å².